The number of rotatable bonds is 3. The van der Waals surface area contributed by atoms with Crippen LogP contribution in [-0.2, 0) is 6.42 Å². The van der Waals surface area contributed by atoms with Gasteiger partial charge in [0.1, 0.15) is 11.0 Å². The minimum absolute atomic E-state index is 0.296. The van der Waals surface area contributed by atoms with Crippen molar-refractivity contribution in [3.05, 3.63) is 29.0 Å². The molecular weight excluding hydrogens is 324 g/mol. The van der Waals surface area contributed by atoms with Crippen LogP contribution in [0.1, 0.15) is 37.7 Å². The standard InChI is InChI=1S/C18H21ClN4O/c19-17-12(2-1-3-21-17)6-15(22-10-20)23-16-13-4-11-5-14(16)9-18(24,7-11)8-13/h1-3,11,13-14,16,24H,4-9H2,(H,22,23). The summed E-state index contributed by atoms with van der Waals surface area (Å²) < 4.78 is 0. The van der Waals surface area contributed by atoms with Gasteiger partial charge in [0.25, 0.3) is 0 Å². The van der Waals surface area contributed by atoms with Crippen LogP contribution >= 0.6 is 11.6 Å². The number of hydrogen-bond donors (Lipinski definition) is 2. The fourth-order valence-corrected chi connectivity index (χ4v) is 5.51. The van der Waals surface area contributed by atoms with E-state index in [1.807, 2.05) is 18.3 Å². The van der Waals surface area contributed by atoms with Crippen LogP contribution in [0.3, 0.4) is 0 Å². The molecule has 4 aliphatic rings. The molecule has 2 unspecified atom stereocenters. The highest BCUT2D eigenvalue weighted by Crippen LogP contribution is 2.55. The first-order valence-corrected chi connectivity index (χ1v) is 8.98. The first kappa shape index (κ1) is 15.9. The minimum atomic E-state index is -0.451. The second-order valence-corrected chi connectivity index (χ2v) is 8.01. The zero-order valence-corrected chi connectivity index (χ0v) is 14.2. The monoisotopic (exact) mass is 344 g/mol. The fraction of sp³-hybridized carbons (Fsp3) is 0.611. The Morgan fingerprint density at radius 3 is 2.79 bits per heavy atom. The Balaban J connectivity index is 1.51. The number of nitrogens with one attached hydrogen (secondary N) is 1. The van der Waals surface area contributed by atoms with Crippen LogP contribution in [0, 0.1) is 29.2 Å². The molecule has 0 aromatic carbocycles. The minimum Gasteiger partial charge on any atom is -0.390 e. The Morgan fingerprint density at radius 2 is 2.17 bits per heavy atom. The Bertz CT molecular complexity index is 697. The van der Waals surface area contributed by atoms with Crippen molar-refractivity contribution in [2.24, 2.45) is 22.7 Å². The molecule has 0 radical (unpaired) electrons. The van der Waals surface area contributed by atoms with Crippen molar-refractivity contribution in [3.63, 3.8) is 0 Å². The molecule has 1 heterocycles. The molecule has 0 spiro atoms. The first-order chi connectivity index (χ1) is 11.6. The predicted octanol–water partition coefficient (Wildman–Crippen LogP) is 2.69. The van der Waals surface area contributed by atoms with Crippen molar-refractivity contribution in [2.75, 3.05) is 0 Å². The van der Waals surface area contributed by atoms with Crippen molar-refractivity contribution < 1.29 is 5.11 Å². The molecular formula is C18H21ClN4O. The first-order valence-electron chi connectivity index (χ1n) is 8.60. The van der Waals surface area contributed by atoms with E-state index in [4.69, 9.17) is 16.9 Å². The summed E-state index contributed by atoms with van der Waals surface area (Å²) in [5.74, 6) is 2.25. The van der Waals surface area contributed by atoms with Gasteiger partial charge in [0, 0.05) is 18.7 Å². The highest BCUT2D eigenvalue weighted by molar-refractivity contribution is 6.30. The molecule has 4 fully saturated rings. The van der Waals surface area contributed by atoms with E-state index in [1.54, 1.807) is 6.20 Å². The van der Waals surface area contributed by atoms with Crippen molar-refractivity contribution in [2.45, 2.75) is 50.2 Å². The van der Waals surface area contributed by atoms with Gasteiger partial charge in [-0.1, -0.05) is 17.7 Å². The van der Waals surface area contributed by atoms with E-state index < -0.39 is 5.60 Å². The number of pyridine rings is 1. The van der Waals surface area contributed by atoms with Gasteiger partial charge in [0.15, 0.2) is 0 Å². The highest BCUT2D eigenvalue weighted by Gasteiger charge is 2.54. The maximum Gasteiger partial charge on any atom is 0.207 e. The van der Waals surface area contributed by atoms with Gasteiger partial charge in [-0.25, -0.2) is 4.98 Å². The molecule has 0 amide bonds. The van der Waals surface area contributed by atoms with Crippen LogP contribution in [0.5, 0.6) is 0 Å². The Kier molecular flexibility index (Phi) is 3.98. The Labute approximate surface area is 146 Å². The molecule has 5 nitrogen and oxygen atoms in total. The van der Waals surface area contributed by atoms with Crippen LogP contribution < -0.4 is 5.32 Å². The quantitative estimate of drug-likeness (QED) is 0.382. The lowest BCUT2D eigenvalue weighted by atomic mass is 9.52. The van der Waals surface area contributed by atoms with Crippen molar-refractivity contribution in [3.8, 4) is 6.19 Å². The third kappa shape index (κ3) is 2.89. The molecule has 2 N–H and O–H groups in total. The van der Waals surface area contributed by atoms with E-state index in [-0.39, 0.29) is 0 Å². The van der Waals surface area contributed by atoms with E-state index in [0.29, 0.717) is 41.2 Å². The second kappa shape index (κ2) is 6.02. The molecule has 5 rings (SSSR count). The second-order valence-electron chi connectivity index (χ2n) is 7.65. The summed E-state index contributed by atoms with van der Waals surface area (Å²) in [4.78, 5) is 8.08. The fourth-order valence-electron chi connectivity index (χ4n) is 5.32. The third-order valence-electron chi connectivity index (χ3n) is 5.95. The van der Waals surface area contributed by atoms with Gasteiger partial charge >= 0.3 is 0 Å². The molecule has 4 aliphatic carbocycles. The summed E-state index contributed by atoms with van der Waals surface area (Å²) in [6, 6.07) is 4.04. The van der Waals surface area contributed by atoms with Crippen LogP contribution in [0.15, 0.2) is 23.3 Å². The molecule has 4 saturated carbocycles. The summed E-state index contributed by atoms with van der Waals surface area (Å²) in [7, 11) is 0. The summed E-state index contributed by atoms with van der Waals surface area (Å²) in [6.45, 7) is 0. The van der Waals surface area contributed by atoms with Crippen LogP contribution in [0.2, 0.25) is 5.15 Å². The maximum absolute atomic E-state index is 10.7. The number of halogens is 1. The smallest absolute Gasteiger partial charge is 0.207 e. The number of aromatic nitrogens is 1. The van der Waals surface area contributed by atoms with Gasteiger partial charge in [0.05, 0.1) is 5.60 Å². The van der Waals surface area contributed by atoms with Crippen molar-refractivity contribution in [1.82, 2.24) is 10.3 Å². The van der Waals surface area contributed by atoms with Crippen LogP contribution in [0.25, 0.3) is 0 Å². The molecule has 24 heavy (non-hydrogen) atoms. The van der Waals surface area contributed by atoms with Crippen LogP contribution in [0.4, 0.5) is 0 Å². The van der Waals surface area contributed by atoms with E-state index >= 15 is 0 Å². The summed E-state index contributed by atoms with van der Waals surface area (Å²) in [5.41, 5.74) is 0.413. The molecule has 6 heteroatoms. The lowest BCUT2D eigenvalue weighted by molar-refractivity contribution is -0.136. The maximum atomic E-state index is 10.7. The zero-order valence-electron chi connectivity index (χ0n) is 13.5. The number of aliphatic imine (C=N–C) groups is 1. The largest absolute Gasteiger partial charge is 0.390 e. The molecule has 1 aromatic heterocycles. The van der Waals surface area contributed by atoms with Gasteiger partial charge in [-0.05, 0) is 61.5 Å². The van der Waals surface area contributed by atoms with E-state index in [9.17, 15) is 5.11 Å². The Hall–Kier alpha value is -1.64. The number of nitrogens with zero attached hydrogens (tertiary/aromatic N) is 3. The van der Waals surface area contributed by atoms with Gasteiger partial charge in [-0.2, -0.15) is 10.3 Å². The van der Waals surface area contributed by atoms with Crippen molar-refractivity contribution in [1.29, 1.82) is 5.26 Å². The normalized spacial score (nSPS) is 37.3. The lowest BCUT2D eigenvalue weighted by Crippen LogP contribution is -2.61. The SMILES string of the molecule is N#CN=C(Cc1cccnc1Cl)NC1C2CC3CC1CC(O)(C3)C2. The molecule has 4 bridgehead atoms. The molecule has 1 aromatic rings. The summed E-state index contributed by atoms with van der Waals surface area (Å²) in [5, 5.41) is 23.7. The van der Waals surface area contributed by atoms with Crippen LogP contribution in [-0.4, -0.2) is 27.6 Å². The zero-order chi connectivity index (χ0) is 16.7. The summed E-state index contributed by atoms with van der Waals surface area (Å²) in [6.07, 6.45) is 9.07. The van der Waals surface area contributed by atoms with E-state index in [1.165, 1.54) is 12.8 Å². The van der Waals surface area contributed by atoms with E-state index in [2.05, 4.69) is 15.3 Å². The highest BCUT2D eigenvalue weighted by atomic mass is 35.5. The topological polar surface area (TPSA) is 81.3 Å². The van der Waals surface area contributed by atoms with Gasteiger partial charge in [0.2, 0.25) is 6.19 Å². The average Bonchev–Trinajstić information content (AvgIpc) is 2.51. The lowest BCUT2D eigenvalue weighted by Gasteiger charge is -2.58. The molecule has 0 aliphatic heterocycles. The third-order valence-corrected chi connectivity index (χ3v) is 6.29. The molecule has 2 atom stereocenters. The Morgan fingerprint density at radius 1 is 1.42 bits per heavy atom. The predicted molar refractivity (Wildman–Crippen MR) is 91.4 cm³/mol. The van der Waals surface area contributed by atoms with Gasteiger partial charge in [-0.15, -0.1) is 0 Å². The van der Waals surface area contributed by atoms with Crippen molar-refractivity contribution >= 4 is 17.4 Å². The van der Waals surface area contributed by atoms with E-state index in [0.717, 1.165) is 24.8 Å². The number of aliphatic hydroxyl groups is 1. The number of amidine groups is 1. The number of nitriles is 1. The van der Waals surface area contributed by atoms with Gasteiger partial charge in [-0.3, -0.25) is 0 Å². The van der Waals surface area contributed by atoms with Gasteiger partial charge < -0.3 is 10.4 Å². The molecule has 126 valence electrons. The number of hydrogen-bond acceptors (Lipinski definition) is 4. The summed E-state index contributed by atoms with van der Waals surface area (Å²) >= 11 is 6.14. The average molecular weight is 345 g/mol. The molecule has 0 saturated heterocycles.